The van der Waals surface area contributed by atoms with E-state index in [0.717, 1.165) is 23.3 Å². The van der Waals surface area contributed by atoms with Crippen molar-refractivity contribution in [2.45, 2.75) is 39.3 Å². The summed E-state index contributed by atoms with van der Waals surface area (Å²) >= 11 is 0. The van der Waals surface area contributed by atoms with Crippen molar-refractivity contribution >= 4 is 5.91 Å². The van der Waals surface area contributed by atoms with Crippen molar-refractivity contribution in [3.8, 4) is 5.75 Å². The number of nitrogens with one attached hydrogen (secondary N) is 1. The molecule has 1 amide bonds. The Balaban J connectivity index is 1.98. The molecular weight excluding hydrogens is 274 g/mol. The van der Waals surface area contributed by atoms with E-state index in [2.05, 4.69) is 12.2 Å². The Hall–Kier alpha value is -2.29. The van der Waals surface area contributed by atoms with Crippen molar-refractivity contribution in [2.24, 2.45) is 0 Å². The van der Waals surface area contributed by atoms with Crippen molar-refractivity contribution in [2.75, 3.05) is 0 Å². The zero-order chi connectivity index (χ0) is 15.9. The molecule has 0 aliphatic rings. The number of amides is 1. The molecule has 2 atom stereocenters. The second-order valence-corrected chi connectivity index (χ2v) is 5.46. The van der Waals surface area contributed by atoms with Crippen LogP contribution >= 0.6 is 0 Å². The fourth-order valence-electron chi connectivity index (χ4n) is 2.34. The maximum Gasteiger partial charge on any atom is 0.261 e. The van der Waals surface area contributed by atoms with Crippen LogP contribution in [0.1, 0.15) is 37.4 Å². The van der Waals surface area contributed by atoms with Crippen LogP contribution in [0.2, 0.25) is 0 Å². The smallest absolute Gasteiger partial charge is 0.261 e. The molecule has 0 aliphatic carbocycles. The average Bonchev–Trinajstić information content (AvgIpc) is 2.53. The van der Waals surface area contributed by atoms with E-state index in [1.165, 1.54) is 0 Å². The predicted molar refractivity (Wildman–Crippen MR) is 88.9 cm³/mol. The first-order valence-electron chi connectivity index (χ1n) is 7.68. The van der Waals surface area contributed by atoms with E-state index in [9.17, 15) is 4.79 Å². The number of rotatable bonds is 6. The Morgan fingerprint density at radius 3 is 2.50 bits per heavy atom. The highest BCUT2D eigenvalue weighted by molar-refractivity contribution is 5.81. The van der Waals surface area contributed by atoms with Crippen molar-refractivity contribution in [3.05, 3.63) is 65.7 Å². The molecule has 0 fully saturated rings. The quantitative estimate of drug-likeness (QED) is 0.874. The minimum Gasteiger partial charge on any atom is -0.481 e. The van der Waals surface area contributed by atoms with Crippen LogP contribution in [0.3, 0.4) is 0 Å². The average molecular weight is 297 g/mol. The third-order valence-corrected chi connectivity index (χ3v) is 3.60. The van der Waals surface area contributed by atoms with E-state index in [4.69, 9.17) is 4.74 Å². The summed E-state index contributed by atoms with van der Waals surface area (Å²) in [6.45, 7) is 5.83. The normalized spacial score (nSPS) is 13.2. The number of hydrogen-bond donors (Lipinski definition) is 1. The van der Waals surface area contributed by atoms with Gasteiger partial charge in [0.05, 0.1) is 6.04 Å². The van der Waals surface area contributed by atoms with Gasteiger partial charge in [0, 0.05) is 0 Å². The highest BCUT2D eigenvalue weighted by Gasteiger charge is 2.19. The third kappa shape index (κ3) is 4.35. The molecule has 0 unspecified atom stereocenters. The zero-order valence-electron chi connectivity index (χ0n) is 13.4. The standard InChI is InChI=1S/C19H23NO2/c1-4-18(16-10-6-5-7-11-16)20-19(21)15(3)22-17-12-8-9-14(2)13-17/h5-13,15,18H,4H2,1-3H3,(H,20,21)/t15-,18-/m1/s1. The lowest BCUT2D eigenvalue weighted by Crippen LogP contribution is -2.38. The van der Waals surface area contributed by atoms with Crippen LogP contribution in [0.25, 0.3) is 0 Å². The van der Waals surface area contributed by atoms with Gasteiger partial charge in [-0.15, -0.1) is 0 Å². The maximum atomic E-state index is 12.3. The molecule has 0 bridgehead atoms. The van der Waals surface area contributed by atoms with E-state index in [-0.39, 0.29) is 11.9 Å². The van der Waals surface area contributed by atoms with Crippen LogP contribution in [0, 0.1) is 6.92 Å². The summed E-state index contributed by atoms with van der Waals surface area (Å²) in [6.07, 6.45) is 0.312. The second kappa shape index (κ2) is 7.64. The van der Waals surface area contributed by atoms with Gasteiger partial charge in [0.1, 0.15) is 5.75 Å². The lowest BCUT2D eigenvalue weighted by Gasteiger charge is -2.21. The molecule has 116 valence electrons. The Labute approximate surface area is 132 Å². The van der Waals surface area contributed by atoms with Crippen LogP contribution in [0.4, 0.5) is 0 Å². The number of hydrogen-bond acceptors (Lipinski definition) is 2. The van der Waals surface area contributed by atoms with Crippen molar-refractivity contribution in [3.63, 3.8) is 0 Å². The number of ether oxygens (including phenoxy) is 1. The molecule has 22 heavy (non-hydrogen) atoms. The number of benzene rings is 2. The van der Waals surface area contributed by atoms with E-state index < -0.39 is 6.10 Å². The van der Waals surface area contributed by atoms with Gasteiger partial charge in [-0.05, 0) is 43.5 Å². The van der Waals surface area contributed by atoms with Gasteiger partial charge in [-0.3, -0.25) is 4.79 Å². The topological polar surface area (TPSA) is 38.3 Å². The molecule has 0 radical (unpaired) electrons. The fourth-order valence-corrected chi connectivity index (χ4v) is 2.34. The number of carbonyl (C=O) groups excluding carboxylic acids is 1. The summed E-state index contributed by atoms with van der Waals surface area (Å²) in [7, 11) is 0. The van der Waals surface area contributed by atoms with Crippen LogP contribution in [0.15, 0.2) is 54.6 Å². The van der Waals surface area contributed by atoms with Crippen molar-refractivity contribution in [1.29, 1.82) is 0 Å². The van der Waals surface area contributed by atoms with Gasteiger partial charge < -0.3 is 10.1 Å². The first-order valence-corrected chi connectivity index (χ1v) is 7.68. The van der Waals surface area contributed by atoms with Gasteiger partial charge in [-0.25, -0.2) is 0 Å². The summed E-state index contributed by atoms with van der Waals surface area (Å²) in [6, 6.07) is 17.7. The Bertz CT molecular complexity index is 610. The highest BCUT2D eigenvalue weighted by atomic mass is 16.5. The minimum atomic E-state index is -0.528. The summed E-state index contributed by atoms with van der Waals surface area (Å²) < 4.78 is 5.73. The molecular formula is C19H23NO2. The Morgan fingerprint density at radius 2 is 1.86 bits per heavy atom. The molecule has 2 aromatic carbocycles. The van der Waals surface area contributed by atoms with Gasteiger partial charge in [0.25, 0.3) is 5.91 Å². The molecule has 0 aliphatic heterocycles. The molecule has 0 saturated carbocycles. The fraction of sp³-hybridized carbons (Fsp3) is 0.316. The summed E-state index contributed by atoms with van der Waals surface area (Å²) in [5, 5.41) is 3.05. The summed E-state index contributed by atoms with van der Waals surface area (Å²) in [4.78, 5) is 12.3. The Kier molecular flexibility index (Phi) is 5.59. The molecule has 0 saturated heterocycles. The van der Waals surface area contributed by atoms with E-state index >= 15 is 0 Å². The van der Waals surface area contributed by atoms with Gasteiger partial charge >= 0.3 is 0 Å². The maximum absolute atomic E-state index is 12.3. The molecule has 2 rings (SSSR count). The minimum absolute atomic E-state index is 0.0114. The molecule has 1 N–H and O–H groups in total. The monoisotopic (exact) mass is 297 g/mol. The van der Waals surface area contributed by atoms with Crippen LogP contribution in [-0.2, 0) is 4.79 Å². The van der Waals surface area contributed by atoms with E-state index in [1.54, 1.807) is 6.92 Å². The zero-order valence-corrected chi connectivity index (χ0v) is 13.4. The van der Waals surface area contributed by atoms with Crippen LogP contribution in [0.5, 0.6) is 5.75 Å². The van der Waals surface area contributed by atoms with E-state index in [0.29, 0.717) is 0 Å². The lowest BCUT2D eigenvalue weighted by atomic mass is 10.0. The first kappa shape index (κ1) is 16.1. The molecule has 2 aromatic rings. The summed E-state index contributed by atoms with van der Waals surface area (Å²) in [5.41, 5.74) is 2.22. The van der Waals surface area contributed by atoms with Crippen molar-refractivity contribution in [1.82, 2.24) is 5.32 Å². The van der Waals surface area contributed by atoms with E-state index in [1.807, 2.05) is 61.5 Å². The van der Waals surface area contributed by atoms with Gasteiger partial charge in [0.2, 0.25) is 0 Å². The number of aryl methyl sites for hydroxylation is 1. The van der Waals surface area contributed by atoms with Gasteiger partial charge in [-0.2, -0.15) is 0 Å². The molecule has 3 heteroatoms. The van der Waals surface area contributed by atoms with Crippen molar-refractivity contribution < 1.29 is 9.53 Å². The van der Waals surface area contributed by atoms with Gasteiger partial charge in [0.15, 0.2) is 6.10 Å². The molecule has 3 nitrogen and oxygen atoms in total. The molecule has 0 heterocycles. The Morgan fingerprint density at radius 1 is 1.14 bits per heavy atom. The highest BCUT2D eigenvalue weighted by Crippen LogP contribution is 2.18. The predicted octanol–water partition coefficient (Wildman–Crippen LogP) is 4.03. The van der Waals surface area contributed by atoms with Gasteiger partial charge in [-0.1, -0.05) is 49.4 Å². The number of carbonyl (C=O) groups is 1. The largest absolute Gasteiger partial charge is 0.481 e. The molecule has 0 spiro atoms. The van der Waals surface area contributed by atoms with Crippen LogP contribution < -0.4 is 10.1 Å². The SMILES string of the molecule is CC[C@@H](NC(=O)[C@@H](C)Oc1cccc(C)c1)c1ccccc1. The molecule has 0 aromatic heterocycles. The third-order valence-electron chi connectivity index (χ3n) is 3.60. The second-order valence-electron chi connectivity index (χ2n) is 5.46. The van der Waals surface area contributed by atoms with Crippen LogP contribution in [-0.4, -0.2) is 12.0 Å². The first-order chi connectivity index (χ1) is 10.6. The summed E-state index contributed by atoms with van der Waals surface area (Å²) in [5.74, 6) is 0.618. The lowest BCUT2D eigenvalue weighted by molar-refractivity contribution is -0.128.